The van der Waals surface area contributed by atoms with Crippen LogP contribution in [0.15, 0.2) is 0 Å². The molecule has 0 unspecified atom stereocenters. The van der Waals surface area contributed by atoms with E-state index in [1.165, 1.54) is 4.22 Å². The average Bonchev–Trinajstić information content (AvgIpc) is 1.36. The van der Waals surface area contributed by atoms with Crippen molar-refractivity contribution < 1.29 is 4.79 Å². The highest BCUT2D eigenvalue weighted by atomic mass is 127. The van der Waals surface area contributed by atoms with Crippen LogP contribution in [-0.2, 0) is 0 Å². The largest absolute Gasteiger partial charge is 0.335 e. The fourth-order valence-electron chi connectivity index (χ4n) is 0. The number of carbonyl (C=O) groups excluding carboxylic acids is 1. The number of hydrogen-bond acceptors (Lipinski definition) is 2. The molecule has 34 valence electrons. The van der Waals surface area contributed by atoms with Crippen LogP contribution < -0.4 is 0 Å². The molecule has 1 amide bonds. The molecule has 2 nitrogen and oxygen atoms in total. The molecule has 0 rings (SSSR count). The molecule has 0 saturated heterocycles. The van der Waals surface area contributed by atoms with Crippen molar-refractivity contribution in [2.75, 3.05) is 0 Å². The van der Waals surface area contributed by atoms with Gasteiger partial charge in [0.05, 0.1) is 0 Å². The molecule has 0 fully saturated rings. The van der Waals surface area contributed by atoms with Crippen molar-refractivity contribution in [2.24, 2.45) is 0 Å². The minimum absolute atomic E-state index is 0.0732. The first-order chi connectivity index (χ1) is 2.64. The Bertz CT molecular complexity index is 66.6. The van der Waals surface area contributed by atoms with E-state index in [0.717, 1.165) is 0 Å². The van der Waals surface area contributed by atoms with E-state index in [9.17, 15) is 4.79 Å². The Kier molecular flexibility index (Phi) is 3.01. The molecular formula is CH3BINOS. The summed E-state index contributed by atoms with van der Waals surface area (Å²) in [6.45, 7) is 0. The smallest absolute Gasteiger partial charge is 0.280 e. The van der Waals surface area contributed by atoms with Crippen molar-refractivity contribution in [1.29, 1.82) is 0 Å². The molecular weight excluding hydrogens is 212 g/mol. The molecule has 6 heavy (non-hydrogen) atoms. The van der Waals surface area contributed by atoms with Gasteiger partial charge in [-0.1, -0.05) is 12.8 Å². The van der Waals surface area contributed by atoms with Crippen LogP contribution in [0.3, 0.4) is 0 Å². The van der Waals surface area contributed by atoms with Crippen LogP contribution in [0.1, 0.15) is 0 Å². The molecule has 0 aromatic rings. The van der Waals surface area contributed by atoms with Gasteiger partial charge in [0, 0.05) is 22.6 Å². The van der Waals surface area contributed by atoms with Crippen LogP contribution in [0, 0.1) is 0 Å². The normalized spacial score (nSPS) is 7.67. The van der Waals surface area contributed by atoms with Crippen molar-refractivity contribution in [3.63, 3.8) is 0 Å². The Balaban J connectivity index is 3.26. The third-order valence-corrected chi connectivity index (χ3v) is 1.54. The third-order valence-electron chi connectivity index (χ3n) is 0.254. The summed E-state index contributed by atoms with van der Waals surface area (Å²) in [5.41, 5.74) is 0. The summed E-state index contributed by atoms with van der Waals surface area (Å²) in [7, 11) is 1.58. The van der Waals surface area contributed by atoms with Crippen LogP contribution in [0.5, 0.6) is 0 Å². The SMILES string of the molecule is BN(S)C(=O)I. The minimum atomic E-state index is -0.0732. The van der Waals surface area contributed by atoms with Crippen LogP contribution in [0.25, 0.3) is 0 Å². The molecule has 0 bridgehead atoms. The van der Waals surface area contributed by atoms with Gasteiger partial charge in [-0.3, -0.25) is 4.79 Å². The number of nitrogens with zero attached hydrogens (tertiary/aromatic N) is 1. The van der Waals surface area contributed by atoms with Gasteiger partial charge < -0.3 is 4.22 Å². The topological polar surface area (TPSA) is 20.3 Å². The van der Waals surface area contributed by atoms with E-state index in [2.05, 4.69) is 12.8 Å². The Hall–Kier alpha value is 0.615. The van der Waals surface area contributed by atoms with E-state index in [0.29, 0.717) is 0 Å². The van der Waals surface area contributed by atoms with Gasteiger partial charge >= 0.3 is 0 Å². The monoisotopic (exact) mass is 215 g/mol. The van der Waals surface area contributed by atoms with Crippen LogP contribution in [-0.4, -0.2) is 16.1 Å². The summed E-state index contributed by atoms with van der Waals surface area (Å²) in [5, 5.41) is 0. The summed E-state index contributed by atoms with van der Waals surface area (Å²) < 4.78 is 1.14. The predicted molar refractivity (Wildman–Crippen MR) is 38.8 cm³/mol. The van der Waals surface area contributed by atoms with Crippen LogP contribution in [0.4, 0.5) is 4.79 Å². The standard InChI is InChI=1S/CH3BINOS/c2-4(6)1(3)5/h6H,2H2. The number of halogens is 1. The van der Waals surface area contributed by atoms with Gasteiger partial charge in [0.2, 0.25) is 7.98 Å². The van der Waals surface area contributed by atoms with E-state index in [-0.39, 0.29) is 3.91 Å². The van der Waals surface area contributed by atoms with Crippen LogP contribution >= 0.6 is 35.4 Å². The summed E-state index contributed by atoms with van der Waals surface area (Å²) in [5.74, 6) is 0. The lowest BCUT2D eigenvalue weighted by Crippen LogP contribution is -2.07. The second kappa shape index (κ2) is 2.73. The van der Waals surface area contributed by atoms with Crippen molar-refractivity contribution in [3.8, 4) is 0 Å². The molecule has 5 heteroatoms. The minimum Gasteiger partial charge on any atom is -0.335 e. The van der Waals surface area contributed by atoms with Crippen molar-refractivity contribution in [3.05, 3.63) is 0 Å². The lowest BCUT2D eigenvalue weighted by molar-refractivity contribution is 0.260. The fraction of sp³-hybridized carbons (Fsp3) is 0. The molecule has 0 heterocycles. The zero-order valence-corrected chi connectivity index (χ0v) is 6.23. The summed E-state index contributed by atoms with van der Waals surface area (Å²) in [6, 6.07) is 0. The highest BCUT2D eigenvalue weighted by Gasteiger charge is 1.91. The quantitative estimate of drug-likeness (QED) is 0.201. The Labute approximate surface area is 56.4 Å². The molecule has 0 aliphatic rings. The molecule has 0 spiro atoms. The number of hydrogen-bond donors (Lipinski definition) is 1. The Morgan fingerprint density at radius 2 is 2.17 bits per heavy atom. The van der Waals surface area contributed by atoms with E-state index in [1.807, 2.05) is 0 Å². The molecule has 0 aliphatic heterocycles. The first-order valence-corrected chi connectivity index (χ1v) is 2.74. The lowest BCUT2D eigenvalue weighted by Gasteiger charge is -1.98. The lowest BCUT2D eigenvalue weighted by atomic mass is 10.5. The number of thiol groups is 1. The maximum absolute atomic E-state index is 9.98. The van der Waals surface area contributed by atoms with E-state index in [1.54, 1.807) is 30.6 Å². The van der Waals surface area contributed by atoms with Gasteiger partial charge in [0.25, 0.3) is 3.91 Å². The molecule has 0 radical (unpaired) electrons. The van der Waals surface area contributed by atoms with Crippen molar-refractivity contribution >= 4 is 47.3 Å². The Morgan fingerprint density at radius 3 is 2.17 bits per heavy atom. The van der Waals surface area contributed by atoms with Gasteiger partial charge in [-0.25, -0.2) is 0 Å². The van der Waals surface area contributed by atoms with Gasteiger partial charge in [0.15, 0.2) is 0 Å². The summed E-state index contributed by atoms with van der Waals surface area (Å²) in [6.07, 6.45) is 0. The maximum Gasteiger partial charge on any atom is 0.280 e. The zero-order chi connectivity index (χ0) is 5.15. The second-order valence-corrected chi connectivity index (χ2v) is 2.30. The molecule has 0 saturated carbocycles. The third kappa shape index (κ3) is 2.83. The van der Waals surface area contributed by atoms with E-state index in [4.69, 9.17) is 0 Å². The van der Waals surface area contributed by atoms with Crippen molar-refractivity contribution in [2.45, 2.75) is 0 Å². The Morgan fingerprint density at radius 1 is 2.00 bits per heavy atom. The fourth-order valence-corrected chi connectivity index (χ4v) is 0. The van der Waals surface area contributed by atoms with E-state index < -0.39 is 0 Å². The van der Waals surface area contributed by atoms with E-state index >= 15 is 0 Å². The molecule has 0 aliphatic carbocycles. The first-order valence-electron chi connectivity index (χ1n) is 1.26. The highest BCUT2D eigenvalue weighted by Crippen LogP contribution is 1.95. The van der Waals surface area contributed by atoms with Crippen molar-refractivity contribution in [1.82, 2.24) is 4.22 Å². The molecule has 0 atom stereocenters. The zero-order valence-electron chi connectivity index (χ0n) is 3.18. The molecule has 0 N–H and O–H groups in total. The second-order valence-electron chi connectivity index (χ2n) is 0.777. The van der Waals surface area contributed by atoms with Gasteiger partial charge in [-0.05, 0) is 0 Å². The molecule has 0 aromatic carbocycles. The number of rotatable bonds is 0. The first kappa shape index (κ1) is 6.61. The predicted octanol–water partition coefficient (Wildman–Crippen LogP) is 0.236. The highest BCUT2D eigenvalue weighted by molar-refractivity contribution is 14.1. The number of carbonyl (C=O) groups is 1. The van der Waals surface area contributed by atoms with Crippen LogP contribution in [0.2, 0.25) is 0 Å². The van der Waals surface area contributed by atoms with Gasteiger partial charge in [-0.15, -0.1) is 0 Å². The van der Waals surface area contributed by atoms with Gasteiger partial charge in [0.1, 0.15) is 0 Å². The summed E-state index contributed by atoms with van der Waals surface area (Å²) in [4.78, 5) is 9.98. The summed E-state index contributed by atoms with van der Waals surface area (Å²) >= 11 is 5.31. The maximum atomic E-state index is 9.98. The van der Waals surface area contributed by atoms with Gasteiger partial charge in [-0.2, -0.15) is 0 Å². The number of amides is 1. The molecule has 0 aromatic heterocycles. The average molecular weight is 215 g/mol.